The van der Waals surface area contributed by atoms with E-state index in [0.29, 0.717) is 5.75 Å². The summed E-state index contributed by atoms with van der Waals surface area (Å²) in [6, 6.07) is 14.2. The van der Waals surface area contributed by atoms with Crippen LogP contribution < -0.4 is 4.74 Å². The molecule has 0 saturated carbocycles. The van der Waals surface area contributed by atoms with Crippen molar-refractivity contribution in [2.75, 3.05) is 32.8 Å². The SMILES string of the molecule is Cc1cc(OCC(=O)N2CCN(Cc3ccccc3)CC2)cc(C)c1Cl. The maximum Gasteiger partial charge on any atom is 0.260 e. The van der Waals surface area contributed by atoms with E-state index in [0.717, 1.165) is 48.9 Å². The minimum atomic E-state index is 0.0367. The first kappa shape index (κ1) is 18.7. The number of hydrogen-bond donors (Lipinski definition) is 0. The van der Waals surface area contributed by atoms with Gasteiger partial charge < -0.3 is 9.64 Å². The second kappa shape index (κ2) is 8.56. The van der Waals surface area contributed by atoms with Crippen LogP contribution in [0.3, 0.4) is 0 Å². The molecule has 0 bridgehead atoms. The highest BCUT2D eigenvalue weighted by Gasteiger charge is 2.21. The molecule has 1 fully saturated rings. The molecular formula is C21H25ClN2O2. The van der Waals surface area contributed by atoms with E-state index in [-0.39, 0.29) is 12.5 Å². The molecule has 0 unspecified atom stereocenters. The molecule has 0 radical (unpaired) electrons. The Balaban J connectivity index is 1.46. The first-order chi connectivity index (χ1) is 12.5. The third kappa shape index (κ3) is 4.77. The van der Waals surface area contributed by atoms with E-state index in [1.165, 1.54) is 5.56 Å². The summed E-state index contributed by atoms with van der Waals surface area (Å²) in [5, 5.41) is 0.748. The van der Waals surface area contributed by atoms with Gasteiger partial charge in [0.15, 0.2) is 6.61 Å². The van der Waals surface area contributed by atoms with Gasteiger partial charge in [0.1, 0.15) is 5.75 Å². The molecule has 0 N–H and O–H groups in total. The van der Waals surface area contributed by atoms with Gasteiger partial charge >= 0.3 is 0 Å². The summed E-state index contributed by atoms with van der Waals surface area (Å²) in [5.74, 6) is 0.732. The zero-order valence-corrected chi connectivity index (χ0v) is 16.1. The van der Waals surface area contributed by atoms with Crippen LogP contribution in [0.4, 0.5) is 0 Å². The number of hydrogen-bond acceptors (Lipinski definition) is 3. The van der Waals surface area contributed by atoms with Crippen molar-refractivity contribution in [1.29, 1.82) is 0 Å². The van der Waals surface area contributed by atoms with Gasteiger partial charge in [-0.2, -0.15) is 0 Å². The second-order valence-electron chi connectivity index (χ2n) is 6.80. The highest BCUT2D eigenvalue weighted by atomic mass is 35.5. The molecule has 2 aromatic carbocycles. The van der Waals surface area contributed by atoms with Crippen LogP contribution in [0, 0.1) is 13.8 Å². The minimum Gasteiger partial charge on any atom is -0.484 e. The molecular weight excluding hydrogens is 348 g/mol. The average molecular weight is 373 g/mol. The fourth-order valence-electron chi connectivity index (χ4n) is 3.22. The third-order valence-electron chi connectivity index (χ3n) is 4.75. The van der Waals surface area contributed by atoms with Gasteiger partial charge in [-0.15, -0.1) is 0 Å². The average Bonchev–Trinajstić information content (AvgIpc) is 2.65. The lowest BCUT2D eigenvalue weighted by Crippen LogP contribution is -2.49. The summed E-state index contributed by atoms with van der Waals surface area (Å²) in [5.41, 5.74) is 3.23. The van der Waals surface area contributed by atoms with Gasteiger partial charge in [-0.05, 0) is 42.7 Å². The van der Waals surface area contributed by atoms with Crippen molar-refractivity contribution in [2.24, 2.45) is 0 Å². The monoisotopic (exact) mass is 372 g/mol. The Bertz CT molecular complexity index is 733. The number of carbonyl (C=O) groups excluding carboxylic acids is 1. The van der Waals surface area contributed by atoms with Crippen LogP contribution in [0.25, 0.3) is 0 Å². The summed E-state index contributed by atoms with van der Waals surface area (Å²) in [6.07, 6.45) is 0. The Morgan fingerprint density at radius 3 is 2.27 bits per heavy atom. The van der Waals surface area contributed by atoms with E-state index in [1.54, 1.807) is 0 Å². The van der Waals surface area contributed by atoms with Crippen LogP contribution in [0.2, 0.25) is 5.02 Å². The molecule has 0 aliphatic carbocycles. The Morgan fingerprint density at radius 2 is 1.65 bits per heavy atom. The van der Waals surface area contributed by atoms with Crippen LogP contribution in [-0.2, 0) is 11.3 Å². The van der Waals surface area contributed by atoms with Crippen molar-refractivity contribution in [1.82, 2.24) is 9.80 Å². The fourth-order valence-corrected chi connectivity index (χ4v) is 3.33. The Kier molecular flexibility index (Phi) is 6.17. The molecule has 26 heavy (non-hydrogen) atoms. The van der Waals surface area contributed by atoms with E-state index < -0.39 is 0 Å². The van der Waals surface area contributed by atoms with Crippen LogP contribution in [-0.4, -0.2) is 48.5 Å². The number of piperazine rings is 1. The van der Waals surface area contributed by atoms with Crippen molar-refractivity contribution in [3.05, 3.63) is 64.2 Å². The summed E-state index contributed by atoms with van der Waals surface area (Å²) in [6.45, 7) is 8.15. The summed E-state index contributed by atoms with van der Waals surface area (Å²) in [4.78, 5) is 16.7. The molecule has 4 nitrogen and oxygen atoms in total. The number of halogens is 1. The van der Waals surface area contributed by atoms with E-state index in [1.807, 2.05) is 36.9 Å². The largest absolute Gasteiger partial charge is 0.484 e. The Morgan fingerprint density at radius 1 is 1.04 bits per heavy atom. The Hall–Kier alpha value is -2.04. The number of amides is 1. The van der Waals surface area contributed by atoms with Crippen LogP contribution in [0.15, 0.2) is 42.5 Å². The second-order valence-corrected chi connectivity index (χ2v) is 7.18. The number of benzene rings is 2. The van der Waals surface area contributed by atoms with Crippen molar-refractivity contribution in [3.8, 4) is 5.75 Å². The number of rotatable bonds is 5. The first-order valence-electron chi connectivity index (χ1n) is 8.96. The predicted molar refractivity (Wildman–Crippen MR) is 105 cm³/mol. The lowest BCUT2D eigenvalue weighted by atomic mass is 10.1. The molecule has 0 spiro atoms. The Labute approximate surface area is 160 Å². The first-order valence-corrected chi connectivity index (χ1v) is 9.34. The van der Waals surface area contributed by atoms with Crippen LogP contribution in [0.5, 0.6) is 5.75 Å². The van der Waals surface area contributed by atoms with Gasteiger partial charge in [-0.3, -0.25) is 9.69 Å². The summed E-state index contributed by atoms with van der Waals surface area (Å²) >= 11 is 6.17. The molecule has 0 atom stereocenters. The normalized spacial score (nSPS) is 15.1. The molecule has 1 heterocycles. The zero-order chi connectivity index (χ0) is 18.5. The van der Waals surface area contributed by atoms with E-state index in [9.17, 15) is 4.79 Å². The van der Waals surface area contributed by atoms with Gasteiger partial charge in [-0.1, -0.05) is 41.9 Å². The van der Waals surface area contributed by atoms with Gasteiger partial charge in [0, 0.05) is 37.7 Å². The van der Waals surface area contributed by atoms with Crippen molar-refractivity contribution < 1.29 is 9.53 Å². The molecule has 1 aliphatic heterocycles. The maximum absolute atomic E-state index is 12.4. The highest BCUT2D eigenvalue weighted by molar-refractivity contribution is 6.32. The molecule has 1 aliphatic rings. The number of carbonyl (C=O) groups is 1. The fraction of sp³-hybridized carbons (Fsp3) is 0.381. The molecule has 1 amide bonds. The lowest BCUT2D eigenvalue weighted by Gasteiger charge is -2.34. The van der Waals surface area contributed by atoms with Gasteiger partial charge in [0.2, 0.25) is 0 Å². The minimum absolute atomic E-state index is 0.0367. The number of ether oxygens (including phenoxy) is 1. The molecule has 2 aromatic rings. The topological polar surface area (TPSA) is 32.8 Å². The standard InChI is InChI=1S/C21H25ClN2O2/c1-16-12-19(13-17(2)21(16)22)26-15-20(25)24-10-8-23(9-11-24)14-18-6-4-3-5-7-18/h3-7,12-13H,8-11,14-15H2,1-2H3. The van der Waals surface area contributed by atoms with E-state index in [2.05, 4.69) is 29.2 Å². The van der Waals surface area contributed by atoms with Gasteiger partial charge in [-0.25, -0.2) is 0 Å². The lowest BCUT2D eigenvalue weighted by molar-refractivity contribution is -0.135. The molecule has 3 rings (SSSR count). The summed E-state index contributed by atoms with van der Waals surface area (Å²) in [7, 11) is 0. The number of aryl methyl sites for hydroxylation is 2. The smallest absolute Gasteiger partial charge is 0.260 e. The van der Waals surface area contributed by atoms with Gasteiger partial charge in [0.05, 0.1) is 0 Å². The van der Waals surface area contributed by atoms with Crippen LogP contribution in [0.1, 0.15) is 16.7 Å². The zero-order valence-electron chi connectivity index (χ0n) is 15.4. The molecule has 0 aromatic heterocycles. The van der Waals surface area contributed by atoms with Crippen LogP contribution >= 0.6 is 11.6 Å². The van der Waals surface area contributed by atoms with Crippen molar-refractivity contribution in [2.45, 2.75) is 20.4 Å². The molecule has 5 heteroatoms. The highest BCUT2D eigenvalue weighted by Crippen LogP contribution is 2.25. The summed E-state index contributed by atoms with van der Waals surface area (Å²) < 4.78 is 5.70. The van der Waals surface area contributed by atoms with Gasteiger partial charge in [0.25, 0.3) is 5.91 Å². The maximum atomic E-state index is 12.4. The van der Waals surface area contributed by atoms with E-state index in [4.69, 9.17) is 16.3 Å². The molecule has 1 saturated heterocycles. The third-order valence-corrected chi connectivity index (χ3v) is 5.34. The van der Waals surface area contributed by atoms with E-state index >= 15 is 0 Å². The number of nitrogens with zero attached hydrogens (tertiary/aromatic N) is 2. The predicted octanol–water partition coefficient (Wildman–Crippen LogP) is 3.68. The van der Waals surface area contributed by atoms with Crippen molar-refractivity contribution >= 4 is 17.5 Å². The quantitative estimate of drug-likeness (QED) is 0.802. The van der Waals surface area contributed by atoms with Crippen molar-refractivity contribution in [3.63, 3.8) is 0 Å². The molecule has 138 valence electrons.